The summed E-state index contributed by atoms with van der Waals surface area (Å²) >= 11 is 3.57. The molecule has 1 saturated heterocycles. The summed E-state index contributed by atoms with van der Waals surface area (Å²) in [7, 11) is 0. The summed E-state index contributed by atoms with van der Waals surface area (Å²) in [6, 6.07) is 7.39. The van der Waals surface area contributed by atoms with Gasteiger partial charge in [-0.3, -0.25) is 4.90 Å². The largest absolute Gasteiger partial charge is 0.315 e. The highest BCUT2D eigenvalue weighted by molar-refractivity contribution is 9.10. The standard InChI is InChI=1S/C15H23BrN2/c1-3-18(14-5-4-8-17-10-14)11-13-6-7-15(16)12(2)9-13/h6-7,9,14,17H,3-5,8,10-11H2,1-2H3. The number of nitrogens with one attached hydrogen (secondary N) is 1. The Bertz CT molecular complexity index is 386. The first-order valence-electron chi connectivity index (χ1n) is 6.90. The summed E-state index contributed by atoms with van der Waals surface area (Å²) in [4.78, 5) is 2.59. The topological polar surface area (TPSA) is 15.3 Å². The first-order valence-corrected chi connectivity index (χ1v) is 7.69. The van der Waals surface area contributed by atoms with E-state index in [9.17, 15) is 0 Å². The van der Waals surface area contributed by atoms with Crippen molar-refractivity contribution in [1.82, 2.24) is 10.2 Å². The lowest BCUT2D eigenvalue weighted by Gasteiger charge is -2.34. The highest BCUT2D eigenvalue weighted by Gasteiger charge is 2.19. The zero-order valence-corrected chi connectivity index (χ0v) is 13.0. The van der Waals surface area contributed by atoms with Gasteiger partial charge in [0.15, 0.2) is 0 Å². The lowest BCUT2D eigenvalue weighted by Crippen LogP contribution is -2.45. The molecule has 100 valence electrons. The van der Waals surface area contributed by atoms with Crippen molar-refractivity contribution in [3.05, 3.63) is 33.8 Å². The summed E-state index contributed by atoms with van der Waals surface area (Å²) in [5.74, 6) is 0. The average molecular weight is 311 g/mol. The second-order valence-corrected chi connectivity index (χ2v) is 6.00. The van der Waals surface area contributed by atoms with Gasteiger partial charge in [0.05, 0.1) is 0 Å². The van der Waals surface area contributed by atoms with Gasteiger partial charge in [0, 0.05) is 23.6 Å². The van der Waals surface area contributed by atoms with Gasteiger partial charge in [0.25, 0.3) is 0 Å². The summed E-state index contributed by atoms with van der Waals surface area (Å²) in [6.45, 7) is 8.94. The predicted molar refractivity (Wildman–Crippen MR) is 80.9 cm³/mol. The van der Waals surface area contributed by atoms with E-state index in [-0.39, 0.29) is 0 Å². The summed E-state index contributed by atoms with van der Waals surface area (Å²) in [5, 5.41) is 3.51. The van der Waals surface area contributed by atoms with Crippen molar-refractivity contribution in [2.45, 2.75) is 39.3 Å². The number of rotatable bonds is 4. The molecule has 0 amide bonds. The molecule has 18 heavy (non-hydrogen) atoms. The number of benzene rings is 1. The Kier molecular flexibility index (Phi) is 5.22. The number of likely N-dealkylation sites (N-methyl/N-ethyl adjacent to an activating group) is 1. The van der Waals surface area contributed by atoms with Crippen LogP contribution in [0.2, 0.25) is 0 Å². The highest BCUT2D eigenvalue weighted by Crippen LogP contribution is 2.20. The summed E-state index contributed by atoms with van der Waals surface area (Å²) in [6.07, 6.45) is 2.64. The third-order valence-corrected chi connectivity index (χ3v) is 4.69. The molecule has 0 aromatic heterocycles. The van der Waals surface area contributed by atoms with Crippen molar-refractivity contribution in [2.24, 2.45) is 0 Å². The molecule has 1 aliphatic rings. The van der Waals surface area contributed by atoms with Gasteiger partial charge in [0.2, 0.25) is 0 Å². The Morgan fingerprint density at radius 3 is 2.89 bits per heavy atom. The zero-order valence-electron chi connectivity index (χ0n) is 11.4. The second-order valence-electron chi connectivity index (χ2n) is 5.15. The van der Waals surface area contributed by atoms with Gasteiger partial charge in [-0.2, -0.15) is 0 Å². The zero-order chi connectivity index (χ0) is 13.0. The SMILES string of the molecule is CCN(Cc1ccc(Br)c(C)c1)C1CCCNC1. The van der Waals surface area contributed by atoms with Crippen LogP contribution >= 0.6 is 15.9 Å². The molecule has 0 spiro atoms. The van der Waals surface area contributed by atoms with Crippen LogP contribution in [0.1, 0.15) is 30.9 Å². The smallest absolute Gasteiger partial charge is 0.0237 e. The van der Waals surface area contributed by atoms with Gasteiger partial charge >= 0.3 is 0 Å². The second kappa shape index (κ2) is 6.69. The molecule has 0 aliphatic carbocycles. The van der Waals surface area contributed by atoms with Crippen LogP contribution in [0.5, 0.6) is 0 Å². The summed E-state index contributed by atoms with van der Waals surface area (Å²) < 4.78 is 1.20. The molecule has 2 rings (SSSR count). The lowest BCUT2D eigenvalue weighted by atomic mass is 10.0. The van der Waals surface area contributed by atoms with E-state index in [1.165, 1.54) is 35.0 Å². The van der Waals surface area contributed by atoms with Gasteiger partial charge in [-0.15, -0.1) is 0 Å². The number of hydrogen-bond donors (Lipinski definition) is 1. The first-order chi connectivity index (χ1) is 8.70. The Hall–Kier alpha value is -0.380. The van der Waals surface area contributed by atoms with Crippen molar-refractivity contribution < 1.29 is 0 Å². The maximum atomic E-state index is 3.57. The molecular formula is C15H23BrN2. The molecule has 1 unspecified atom stereocenters. The molecule has 1 aromatic rings. The molecule has 3 heteroatoms. The molecule has 0 bridgehead atoms. The Balaban J connectivity index is 2.02. The Morgan fingerprint density at radius 2 is 2.28 bits per heavy atom. The minimum Gasteiger partial charge on any atom is -0.315 e. The van der Waals surface area contributed by atoms with Crippen molar-refractivity contribution >= 4 is 15.9 Å². The summed E-state index contributed by atoms with van der Waals surface area (Å²) in [5.41, 5.74) is 2.74. The number of halogens is 1. The fourth-order valence-corrected chi connectivity index (χ4v) is 2.93. The molecule has 0 saturated carbocycles. The third kappa shape index (κ3) is 3.56. The molecular weight excluding hydrogens is 288 g/mol. The minimum atomic E-state index is 0.702. The lowest BCUT2D eigenvalue weighted by molar-refractivity contribution is 0.166. The van der Waals surface area contributed by atoms with Crippen LogP contribution in [0.4, 0.5) is 0 Å². The van der Waals surface area contributed by atoms with Crippen LogP contribution < -0.4 is 5.32 Å². The molecule has 1 aromatic carbocycles. The maximum absolute atomic E-state index is 3.57. The van der Waals surface area contributed by atoms with E-state index in [2.05, 4.69) is 58.2 Å². The van der Waals surface area contributed by atoms with E-state index >= 15 is 0 Å². The van der Waals surface area contributed by atoms with Crippen LogP contribution in [0, 0.1) is 6.92 Å². The van der Waals surface area contributed by atoms with Crippen LogP contribution in [-0.2, 0) is 6.54 Å². The fourth-order valence-electron chi connectivity index (χ4n) is 2.68. The maximum Gasteiger partial charge on any atom is 0.0237 e. The average Bonchev–Trinajstić information content (AvgIpc) is 2.41. The Morgan fingerprint density at radius 1 is 1.44 bits per heavy atom. The van der Waals surface area contributed by atoms with Gasteiger partial charge in [-0.1, -0.05) is 35.0 Å². The predicted octanol–water partition coefficient (Wildman–Crippen LogP) is 3.33. The number of nitrogens with zero attached hydrogens (tertiary/aromatic N) is 1. The monoisotopic (exact) mass is 310 g/mol. The molecule has 1 N–H and O–H groups in total. The van der Waals surface area contributed by atoms with Gasteiger partial charge in [-0.05, 0) is 50.0 Å². The minimum absolute atomic E-state index is 0.702. The third-order valence-electron chi connectivity index (χ3n) is 3.80. The van der Waals surface area contributed by atoms with Crippen LogP contribution in [-0.4, -0.2) is 30.6 Å². The van der Waals surface area contributed by atoms with E-state index in [0.717, 1.165) is 19.6 Å². The van der Waals surface area contributed by atoms with Crippen LogP contribution in [0.3, 0.4) is 0 Å². The van der Waals surface area contributed by atoms with Crippen LogP contribution in [0.15, 0.2) is 22.7 Å². The van der Waals surface area contributed by atoms with Crippen molar-refractivity contribution in [3.8, 4) is 0 Å². The molecule has 1 heterocycles. The van der Waals surface area contributed by atoms with Crippen LogP contribution in [0.25, 0.3) is 0 Å². The highest BCUT2D eigenvalue weighted by atomic mass is 79.9. The molecule has 2 nitrogen and oxygen atoms in total. The van der Waals surface area contributed by atoms with Gasteiger partial charge < -0.3 is 5.32 Å². The van der Waals surface area contributed by atoms with Crippen molar-refractivity contribution in [3.63, 3.8) is 0 Å². The van der Waals surface area contributed by atoms with E-state index < -0.39 is 0 Å². The van der Waals surface area contributed by atoms with E-state index in [0.29, 0.717) is 6.04 Å². The van der Waals surface area contributed by atoms with E-state index in [1.54, 1.807) is 0 Å². The van der Waals surface area contributed by atoms with E-state index in [4.69, 9.17) is 0 Å². The number of piperidine rings is 1. The number of aryl methyl sites for hydroxylation is 1. The first kappa shape index (κ1) is 14.0. The van der Waals surface area contributed by atoms with Gasteiger partial charge in [0.1, 0.15) is 0 Å². The van der Waals surface area contributed by atoms with E-state index in [1.807, 2.05) is 0 Å². The van der Waals surface area contributed by atoms with Crippen molar-refractivity contribution in [1.29, 1.82) is 0 Å². The van der Waals surface area contributed by atoms with Crippen molar-refractivity contribution in [2.75, 3.05) is 19.6 Å². The molecule has 0 radical (unpaired) electrons. The Labute approximate surface area is 119 Å². The molecule has 1 atom stereocenters. The number of hydrogen-bond acceptors (Lipinski definition) is 2. The van der Waals surface area contributed by atoms with Gasteiger partial charge in [-0.25, -0.2) is 0 Å². The molecule has 1 fully saturated rings. The normalized spacial score (nSPS) is 20.3. The quantitative estimate of drug-likeness (QED) is 0.917. The fraction of sp³-hybridized carbons (Fsp3) is 0.600. The molecule has 1 aliphatic heterocycles.